The van der Waals surface area contributed by atoms with E-state index in [0.717, 1.165) is 0 Å². The summed E-state index contributed by atoms with van der Waals surface area (Å²) in [5.74, 6) is -0.0322. The quantitative estimate of drug-likeness (QED) is 0.780. The number of hydrogen-bond donors (Lipinski definition) is 2. The molecule has 78 valence electrons. The van der Waals surface area contributed by atoms with Crippen LogP contribution in [0.5, 0.6) is 0 Å². The van der Waals surface area contributed by atoms with Crippen molar-refractivity contribution in [3.05, 3.63) is 6.33 Å². The van der Waals surface area contributed by atoms with Gasteiger partial charge in [-0.3, -0.25) is 4.79 Å². The van der Waals surface area contributed by atoms with Crippen molar-refractivity contribution in [2.45, 2.75) is 32.9 Å². The second-order valence-electron chi connectivity index (χ2n) is 3.28. The first-order chi connectivity index (χ1) is 6.59. The predicted molar refractivity (Wildman–Crippen MR) is 56.3 cm³/mol. The van der Waals surface area contributed by atoms with Crippen LogP contribution in [-0.4, -0.2) is 27.3 Å². The summed E-state index contributed by atoms with van der Waals surface area (Å²) in [6.45, 7) is 5.64. The number of nitrogens with zero attached hydrogens (tertiary/aromatic N) is 2. The maximum Gasteiger partial charge on any atom is 0.242 e. The van der Waals surface area contributed by atoms with Gasteiger partial charge in [-0.05, 0) is 20.8 Å². The maximum absolute atomic E-state index is 11.5. The third kappa shape index (κ3) is 3.29. The summed E-state index contributed by atoms with van der Waals surface area (Å²) in [5.41, 5.74) is 0. The van der Waals surface area contributed by atoms with E-state index in [9.17, 15) is 4.79 Å². The molecule has 1 atom stereocenters. The number of aromatic nitrogens is 2. The molecule has 1 aromatic heterocycles. The lowest BCUT2D eigenvalue weighted by atomic mass is 10.3. The van der Waals surface area contributed by atoms with Gasteiger partial charge in [0.05, 0.1) is 0 Å². The van der Waals surface area contributed by atoms with Gasteiger partial charge >= 0.3 is 0 Å². The Bertz CT molecular complexity index is 286. The molecule has 0 saturated carbocycles. The minimum Gasteiger partial charge on any atom is -0.352 e. The van der Waals surface area contributed by atoms with Gasteiger partial charge in [0.2, 0.25) is 11.0 Å². The molecule has 0 aromatic carbocycles. The zero-order valence-corrected chi connectivity index (χ0v) is 9.26. The van der Waals surface area contributed by atoms with Gasteiger partial charge in [0, 0.05) is 17.6 Å². The average Bonchev–Trinajstić information content (AvgIpc) is 2.55. The molecule has 6 heteroatoms. The van der Waals surface area contributed by atoms with Crippen molar-refractivity contribution >= 4 is 22.6 Å². The lowest BCUT2D eigenvalue weighted by Crippen LogP contribution is -2.40. The van der Waals surface area contributed by atoms with Gasteiger partial charge in [0.25, 0.3) is 0 Å². The van der Waals surface area contributed by atoms with Crippen LogP contribution in [0.3, 0.4) is 0 Å². The minimum atomic E-state index is -0.287. The summed E-state index contributed by atoms with van der Waals surface area (Å²) in [6, 6.07) is -0.133. The third-order valence-corrected chi connectivity index (χ3v) is 2.12. The van der Waals surface area contributed by atoms with Gasteiger partial charge in [0.15, 0.2) is 0 Å². The molecule has 1 amide bonds. The predicted octanol–water partition coefficient (Wildman–Crippen LogP) is 0.863. The van der Waals surface area contributed by atoms with E-state index >= 15 is 0 Å². The van der Waals surface area contributed by atoms with Crippen LogP contribution in [0.2, 0.25) is 0 Å². The number of rotatable bonds is 4. The van der Waals surface area contributed by atoms with Crippen LogP contribution in [0, 0.1) is 0 Å². The summed E-state index contributed by atoms with van der Waals surface area (Å²) in [7, 11) is 0. The molecule has 2 N–H and O–H groups in total. The Morgan fingerprint density at radius 2 is 2.21 bits per heavy atom. The number of carbonyl (C=O) groups is 1. The molecule has 1 heterocycles. The molecule has 0 aliphatic heterocycles. The molecule has 0 saturated heterocycles. The van der Waals surface area contributed by atoms with Crippen molar-refractivity contribution < 1.29 is 4.79 Å². The zero-order chi connectivity index (χ0) is 10.6. The molecule has 14 heavy (non-hydrogen) atoms. The Balaban J connectivity index is 2.42. The van der Waals surface area contributed by atoms with Crippen molar-refractivity contribution in [1.82, 2.24) is 14.7 Å². The van der Waals surface area contributed by atoms with E-state index in [1.54, 1.807) is 6.92 Å². The monoisotopic (exact) mass is 214 g/mol. The number of nitrogens with one attached hydrogen (secondary N) is 2. The highest BCUT2D eigenvalue weighted by atomic mass is 32.1. The molecule has 0 fully saturated rings. The van der Waals surface area contributed by atoms with Crippen molar-refractivity contribution in [3.63, 3.8) is 0 Å². The second-order valence-corrected chi connectivity index (χ2v) is 4.06. The van der Waals surface area contributed by atoms with E-state index in [4.69, 9.17) is 0 Å². The zero-order valence-electron chi connectivity index (χ0n) is 8.44. The summed E-state index contributed by atoms with van der Waals surface area (Å²) >= 11 is 1.24. The minimum absolute atomic E-state index is 0.0322. The lowest BCUT2D eigenvalue weighted by molar-refractivity contribution is -0.122. The van der Waals surface area contributed by atoms with Crippen molar-refractivity contribution in [1.29, 1.82) is 0 Å². The highest BCUT2D eigenvalue weighted by Gasteiger charge is 2.13. The van der Waals surface area contributed by atoms with Gasteiger partial charge in [-0.2, -0.15) is 4.37 Å². The van der Waals surface area contributed by atoms with Crippen LogP contribution >= 0.6 is 11.5 Å². The molecule has 0 spiro atoms. The fourth-order valence-electron chi connectivity index (χ4n) is 0.897. The molecule has 0 aliphatic rings. The van der Waals surface area contributed by atoms with E-state index in [2.05, 4.69) is 20.0 Å². The molecular weight excluding hydrogens is 200 g/mol. The Hall–Kier alpha value is -1.17. The van der Waals surface area contributed by atoms with Crippen molar-refractivity contribution in [2.24, 2.45) is 0 Å². The van der Waals surface area contributed by atoms with Crippen LogP contribution in [0.1, 0.15) is 20.8 Å². The Morgan fingerprint density at radius 1 is 1.50 bits per heavy atom. The topological polar surface area (TPSA) is 66.9 Å². The second kappa shape index (κ2) is 4.90. The fourth-order valence-corrected chi connectivity index (χ4v) is 1.41. The van der Waals surface area contributed by atoms with E-state index in [1.165, 1.54) is 17.9 Å². The molecule has 1 aromatic rings. The summed E-state index contributed by atoms with van der Waals surface area (Å²) in [6.07, 6.45) is 1.46. The normalized spacial score (nSPS) is 12.6. The van der Waals surface area contributed by atoms with Gasteiger partial charge in [-0.25, -0.2) is 4.98 Å². The first-order valence-corrected chi connectivity index (χ1v) is 5.20. The number of carbonyl (C=O) groups excluding carboxylic acids is 1. The molecule has 1 rings (SSSR count). The summed E-state index contributed by atoms with van der Waals surface area (Å²) in [5, 5.41) is 6.43. The fraction of sp³-hybridized carbons (Fsp3) is 0.625. The van der Waals surface area contributed by atoms with Gasteiger partial charge in [-0.15, -0.1) is 0 Å². The summed E-state index contributed by atoms with van der Waals surface area (Å²) < 4.78 is 3.83. The Kier molecular flexibility index (Phi) is 3.82. The van der Waals surface area contributed by atoms with Crippen LogP contribution in [0.15, 0.2) is 6.33 Å². The molecule has 0 aliphatic carbocycles. The third-order valence-electron chi connectivity index (χ3n) is 1.53. The van der Waals surface area contributed by atoms with E-state index < -0.39 is 0 Å². The van der Waals surface area contributed by atoms with Crippen LogP contribution in [-0.2, 0) is 4.79 Å². The Labute approximate surface area is 87.1 Å². The Morgan fingerprint density at radius 3 is 2.71 bits per heavy atom. The highest BCUT2D eigenvalue weighted by Crippen LogP contribution is 2.08. The standard InChI is InChI=1S/C8H14N4OS/c1-5(2)11-7(13)6(3)12-8-9-4-10-14-8/h4-6H,1-3H3,(H,11,13)(H,9,10,12). The molecule has 0 bridgehead atoms. The molecule has 0 radical (unpaired) electrons. The number of amides is 1. The first kappa shape index (κ1) is 10.9. The highest BCUT2D eigenvalue weighted by molar-refractivity contribution is 7.09. The molecule has 5 nitrogen and oxygen atoms in total. The maximum atomic E-state index is 11.5. The van der Waals surface area contributed by atoms with Crippen LogP contribution in [0.4, 0.5) is 5.13 Å². The summed E-state index contributed by atoms with van der Waals surface area (Å²) in [4.78, 5) is 15.4. The van der Waals surface area contributed by atoms with E-state index in [1.807, 2.05) is 13.8 Å². The van der Waals surface area contributed by atoms with Crippen molar-refractivity contribution in [3.8, 4) is 0 Å². The SMILES string of the molecule is CC(C)NC(=O)C(C)Nc1ncns1. The van der Waals surface area contributed by atoms with Gasteiger partial charge < -0.3 is 10.6 Å². The number of hydrogen-bond acceptors (Lipinski definition) is 5. The largest absolute Gasteiger partial charge is 0.352 e. The van der Waals surface area contributed by atoms with Gasteiger partial charge in [-0.1, -0.05) is 0 Å². The lowest BCUT2D eigenvalue weighted by Gasteiger charge is -2.14. The van der Waals surface area contributed by atoms with Crippen LogP contribution in [0.25, 0.3) is 0 Å². The van der Waals surface area contributed by atoms with Gasteiger partial charge in [0.1, 0.15) is 12.4 Å². The number of anilines is 1. The van der Waals surface area contributed by atoms with Crippen LogP contribution < -0.4 is 10.6 Å². The first-order valence-electron chi connectivity index (χ1n) is 4.43. The van der Waals surface area contributed by atoms with E-state index in [-0.39, 0.29) is 18.0 Å². The van der Waals surface area contributed by atoms with E-state index in [0.29, 0.717) is 5.13 Å². The van der Waals surface area contributed by atoms with Crippen molar-refractivity contribution in [2.75, 3.05) is 5.32 Å². The molecule has 1 unspecified atom stereocenters. The average molecular weight is 214 g/mol. The smallest absolute Gasteiger partial charge is 0.242 e. The molecular formula is C8H14N4OS.